The van der Waals surface area contributed by atoms with Crippen LogP contribution in [-0.2, 0) is 75.7 Å². The summed E-state index contributed by atoms with van der Waals surface area (Å²) in [6.45, 7) is 6.11. The molecule has 10 atom stereocenters. The maximum absolute atomic E-state index is 12.3. The topological polar surface area (TPSA) is 103 Å². The van der Waals surface area contributed by atoms with E-state index in [0.717, 1.165) is 40.7 Å². The molecule has 0 bridgehead atoms. The van der Waals surface area contributed by atoms with Crippen LogP contribution in [0.25, 0.3) is 0 Å². The Labute approximate surface area is 360 Å². The lowest BCUT2D eigenvalue weighted by atomic mass is 9.96. The van der Waals surface area contributed by atoms with Gasteiger partial charge in [-0.05, 0) is 41.2 Å². The van der Waals surface area contributed by atoms with Crippen molar-refractivity contribution in [3.63, 3.8) is 0 Å². The van der Waals surface area contributed by atoms with Crippen molar-refractivity contribution in [3.05, 3.63) is 179 Å². The average Bonchev–Trinajstić information content (AvgIpc) is 3.30. The van der Waals surface area contributed by atoms with Crippen LogP contribution in [-0.4, -0.2) is 79.7 Å². The first-order valence-corrected chi connectivity index (χ1v) is 21.6. The van der Waals surface area contributed by atoms with Gasteiger partial charge < -0.3 is 47.7 Å². The predicted molar refractivity (Wildman–Crippen MR) is 231 cm³/mol. The molecule has 2 heterocycles. The number of aliphatic hydroxyl groups excluding tert-OH is 1. The van der Waals surface area contributed by atoms with E-state index >= 15 is 0 Å². The molecule has 0 radical (unpaired) electrons. The molecular weight excluding hydrogens is 773 g/mol. The molecule has 0 spiro atoms. The quantitative estimate of drug-likeness (QED) is 0.0683. The van der Waals surface area contributed by atoms with Crippen LogP contribution in [0.1, 0.15) is 54.5 Å². The maximum Gasteiger partial charge on any atom is 0.187 e. The summed E-state index contributed by atoms with van der Waals surface area (Å²) in [6.07, 6.45) is -6.45. The third-order valence-corrected chi connectivity index (χ3v) is 10.9. The van der Waals surface area contributed by atoms with Gasteiger partial charge in [0.15, 0.2) is 12.6 Å². The van der Waals surface area contributed by atoms with Crippen LogP contribution in [0.15, 0.2) is 152 Å². The van der Waals surface area contributed by atoms with Crippen LogP contribution in [0, 0.1) is 0 Å². The lowest BCUT2D eigenvalue weighted by Crippen LogP contribution is -2.65. The van der Waals surface area contributed by atoms with Gasteiger partial charge >= 0.3 is 0 Å². The number of unbranched alkanes of at least 4 members (excludes halogenated alkanes) is 1. The van der Waals surface area contributed by atoms with Crippen LogP contribution >= 0.6 is 0 Å². The molecule has 10 heteroatoms. The van der Waals surface area contributed by atoms with Crippen molar-refractivity contribution in [2.45, 2.75) is 121 Å². The van der Waals surface area contributed by atoms with Crippen LogP contribution < -0.4 is 0 Å². The second kappa shape index (κ2) is 23.8. The Morgan fingerprint density at radius 2 is 0.885 bits per heavy atom. The third kappa shape index (κ3) is 13.1. The maximum atomic E-state index is 12.3. The molecule has 324 valence electrons. The van der Waals surface area contributed by atoms with Crippen LogP contribution in [0.3, 0.4) is 0 Å². The Kier molecular flexibility index (Phi) is 17.5. The van der Waals surface area contributed by atoms with Gasteiger partial charge in [0.1, 0.15) is 42.7 Å². The molecule has 0 amide bonds. The normalized spacial score (nSPS) is 26.5. The van der Waals surface area contributed by atoms with Crippen molar-refractivity contribution in [3.8, 4) is 0 Å². The molecule has 5 aromatic rings. The minimum Gasteiger partial charge on any atom is -0.385 e. The largest absolute Gasteiger partial charge is 0.385 e. The first-order chi connectivity index (χ1) is 30.1. The van der Waals surface area contributed by atoms with Crippen LogP contribution in [0.5, 0.6) is 0 Å². The molecular formula is C51H60O10. The van der Waals surface area contributed by atoms with Gasteiger partial charge in [-0.2, -0.15) is 0 Å². The highest BCUT2D eigenvalue weighted by Gasteiger charge is 2.53. The molecule has 2 fully saturated rings. The molecule has 0 aliphatic carbocycles. The fraction of sp³-hybridized carbons (Fsp3) is 0.412. The number of aliphatic hydroxyl groups is 1. The van der Waals surface area contributed by atoms with Gasteiger partial charge in [-0.25, -0.2) is 0 Å². The van der Waals surface area contributed by atoms with Crippen molar-refractivity contribution in [2.75, 3.05) is 13.2 Å². The molecule has 0 aromatic heterocycles. The van der Waals surface area contributed by atoms with Crippen molar-refractivity contribution >= 4 is 0 Å². The molecule has 0 unspecified atom stereocenters. The van der Waals surface area contributed by atoms with Gasteiger partial charge in [0.05, 0.1) is 45.7 Å². The summed E-state index contributed by atoms with van der Waals surface area (Å²) in [5.74, 6) is 0. The van der Waals surface area contributed by atoms with E-state index in [9.17, 15) is 5.11 Å². The predicted octanol–water partition coefficient (Wildman–Crippen LogP) is 8.58. The standard InChI is InChI=1S/C51H60O10/c1-3-4-30-54-51-49(58-35-42-28-18-9-19-29-42)48(57-34-41-26-16-8-17-27-41)46(43(60-51)36-53-31-38-20-10-5-11-21-38)61-50-44(52)47(56-33-40-24-14-7-15-25-40)45(37(2)59-50)55-32-39-22-12-6-13-23-39/h5-29,37,43-52H,3-4,30-36H2,1-2H3/t37-,43-,44+,45-,46-,47-,48+,49-,50+,51-/m1/s1. The van der Waals surface area contributed by atoms with Gasteiger partial charge in [-0.15, -0.1) is 0 Å². The number of ether oxygens (including phenoxy) is 9. The monoisotopic (exact) mass is 832 g/mol. The average molecular weight is 833 g/mol. The van der Waals surface area contributed by atoms with Crippen molar-refractivity contribution < 1.29 is 47.7 Å². The second-order valence-electron chi connectivity index (χ2n) is 15.6. The fourth-order valence-corrected chi connectivity index (χ4v) is 7.63. The number of hydrogen-bond donors (Lipinski definition) is 1. The van der Waals surface area contributed by atoms with Crippen LogP contribution in [0.4, 0.5) is 0 Å². The minimum atomic E-state index is -1.26. The Morgan fingerprint density at radius 1 is 0.459 bits per heavy atom. The SMILES string of the molecule is CCCCO[C@@H]1O[C@H](COCc2ccccc2)[C@@H](O[C@@H]2O[C@H](C)[C@@H](OCc3ccccc3)[C@H](OCc3ccccc3)[C@@H]2O)[C@H](OCc2ccccc2)[C@H]1OCc1ccccc1. The van der Waals surface area contributed by atoms with E-state index in [1.54, 1.807) is 0 Å². The van der Waals surface area contributed by atoms with E-state index in [0.29, 0.717) is 19.8 Å². The van der Waals surface area contributed by atoms with Gasteiger partial charge in [-0.1, -0.05) is 165 Å². The number of hydrogen-bond acceptors (Lipinski definition) is 10. The Balaban J connectivity index is 1.20. The van der Waals surface area contributed by atoms with E-state index in [1.165, 1.54) is 0 Å². The third-order valence-electron chi connectivity index (χ3n) is 10.9. The van der Waals surface area contributed by atoms with Gasteiger partial charge in [0, 0.05) is 6.61 Å². The molecule has 0 saturated carbocycles. The smallest absolute Gasteiger partial charge is 0.187 e. The van der Waals surface area contributed by atoms with E-state index in [4.69, 9.17) is 42.6 Å². The molecule has 2 aliphatic rings. The van der Waals surface area contributed by atoms with Crippen LogP contribution in [0.2, 0.25) is 0 Å². The van der Waals surface area contributed by atoms with E-state index in [2.05, 4.69) is 6.92 Å². The minimum absolute atomic E-state index is 0.138. The molecule has 2 saturated heterocycles. The molecule has 61 heavy (non-hydrogen) atoms. The molecule has 10 nitrogen and oxygen atoms in total. The summed E-state index contributed by atoms with van der Waals surface area (Å²) in [4.78, 5) is 0. The van der Waals surface area contributed by atoms with Crippen molar-refractivity contribution in [1.29, 1.82) is 0 Å². The Hall–Kier alpha value is -4.30. The molecule has 7 rings (SSSR count). The summed E-state index contributed by atoms with van der Waals surface area (Å²) in [7, 11) is 0. The zero-order chi connectivity index (χ0) is 42.1. The van der Waals surface area contributed by atoms with Crippen molar-refractivity contribution in [2.24, 2.45) is 0 Å². The van der Waals surface area contributed by atoms with Gasteiger partial charge in [-0.3, -0.25) is 0 Å². The number of rotatable bonds is 22. The lowest BCUT2D eigenvalue weighted by Gasteiger charge is -2.49. The summed E-state index contributed by atoms with van der Waals surface area (Å²) in [5, 5.41) is 12.3. The lowest BCUT2D eigenvalue weighted by molar-refractivity contribution is -0.370. The molecule has 1 N–H and O–H groups in total. The van der Waals surface area contributed by atoms with Gasteiger partial charge in [0.25, 0.3) is 0 Å². The molecule has 2 aliphatic heterocycles. The molecule has 5 aromatic carbocycles. The zero-order valence-corrected chi connectivity index (χ0v) is 35.2. The number of benzene rings is 5. The zero-order valence-electron chi connectivity index (χ0n) is 35.2. The first kappa shape index (κ1) is 44.7. The van der Waals surface area contributed by atoms with E-state index in [1.807, 2.05) is 159 Å². The second-order valence-corrected chi connectivity index (χ2v) is 15.6. The summed E-state index contributed by atoms with van der Waals surface area (Å²) >= 11 is 0. The highest BCUT2D eigenvalue weighted by Crippen LogP contribution is 2.35. The Morgan fingerprint density at radius 3 is 1.36 bits per heavy atom. The van der Waals surface area contributed by atoms with E-state index < -0.39 is 61.4 Å². The summed E-state index contributed by atoms with van der Waals surface area (Å²) in [6, 6.07) is 49.7. The summed E-state index contributed by atoms with van der Waals surface area (Å²) < 4.78 is 60.0. The Bertz CT molecular complexity index is 1920. The fourth-order valence-electron chi connectivity index (χ4n) is 7.63. The first-order valence-electron chi connectivity index (χ1n) is 21.6. The van der Waals surface area contributed by atoms with Gasteiger partial charge in [0.2, 0.25) is 0 Å². The van der Waals surface area contributed by atoms with Crippen molar-refractivity contribution in [1.82, 2.24) is 0 Å². The highest BCUT2D eigenvalue weighted by atomic mass is 16.8. The van der Waals surface area contributed by atoms with E-state index in [-0.39, 0.29) is 26.4 Å². The highest BCUT2D eigenvalue weighted by molar-refractivity contribution is 5.17. The summed E-state index contributed by atoms with van der Waals surface area (Å²) in [5.41, 5.74) is 4.95.